The summed E-state index contributed by atoms with van der Waals surface area (Å²) in [5.74, 6) is 0.192. The number of nitrogens with one attached hydrogen (secondary N) is 1. The number of Topliss-reactive ketones (excluding diaryl/α,β-unsaturated/α-hetero) is 1. The molecule has 0 spiro atoms. The molecule has 0 heterocycles. The molecule has 0 atom stereocenters. The van der Waals surface area contributed by atoms with Crippen molar-refractivity contribution in [3.05, 3.63) is 42.0 Å². The van der Waals surface area contributed by atoms with Gasteiger partial charge in [-0.15, -0.1) is 0 Å². The fourth-order valence-corrected chi connectivity index (χ4v) is 1.48. The van der Waals surface area contributed by atoms with Gasteiger partial charge in [0.05, 0.1) is 11.8 Å². The second-order valence-corrected chi connectivity index (χ2v) is 3.79. The van der Waals surface area contributed by atoms with Crippen molar-refractivity contribution in [2.45, 2.75) is 19.8 Å². The van der Waals surface area contributed by atoms with Gasteiger partial charge < -0.3 is 10.1 Å². The Morgan fingerprint density at radius 3 is 2.71 bits per heavy atom. The van der Waals surface area contributed by atoms with Crippen molar-refractivity contribution in [1.82, 2.24) is 5.32 Å². The molecule has 1 rings (SSSR count). The lowest BCUT2D eigenvalue weighted by Gasteiger charge is -2.09. The second kappa shape index (κ2) is 7.24. The first-order valence-corrected chi connectivity index (χ1v) is 5.62. The molecule has 0 saturated heterocycles. The van der Waals surface area contributed by atoms with Crippen LogP contribution in [-0.4, -0.2) is 12.3 Å². The van der Waals surface area contributed by atoms with Crippen LogP contribution in [0.1, 0.15) is 25.3 Å². The molecule has 17 heavy (non-hydrogen) atoms. The average molecular weight is 228 g/mol. The van der Waals surface area contributed by atoms with Gasteiger partial charge in [0.1, 0.15) is 5.78 Å². The third kappa shape index (κ3) is 4.98. The molecule has 0 aliphatic carbocycles. The molecule has 1 aromatic rings. The molecule has 1 aromatic carbocycles. The van der Waals surface area contributed by atoms with Gasteiger partial charge in [-0.3, -0.25) is 0 Å². The first kappa shape index (κ1) is 13.0. The van der Waals surface area contributed by atoms with Gasteiger partial charge in [0.15, 0.2) is 0 Å². The van der Waals surface area contributed by atoms with E-state index in [0.717, 1.165) is 17.7 Å². The topological polar surface area (TPSA) is 52.9 Å². The molecule has 0 radical (unpaired) electrons. The highest BCUT2D eigenvalue weighted by atomic mass is 16.1. The molecule has 88 valence electrons. The summed E-state index contributed by atoms with van der Waals surface area (Å²) < 4.78 is 0. The summed E-state index contributed by atoms with van der Waals surface area (Å²) in [4.78, 5) is 10.8. The van der Waals surface area contributed by atoms with Gasteiger partial charge in [0.2, 0.25) is 0 Å². The van der Waals surface area contributed by atoms with Crippen molar-refractivity contribution in [3.8, 4) is 6.07 Å². The molecule has 0 saturated carbocycles. The molecule has 1 N–H and O–H groups in total. The van der Waals surface area contributed by atoms with Crippen LogP contribution in [0.2, 0.25) is 0 Å². The lowest BCUT2D eigenvalue weighted by molar-refractivity contribution is -0.117. The van der Waals surface area contributed by atoms with Crippen molar-refractivity contribution in [2.75, 3.05) is 6.54 Å². The normalized spacial score (nSPS) is 10.7. The summed E-state index contributed by atoms with van der Waals surface area (Å²) in [5.41, 5.74) is 1.79. The minimum absolute atomic E-state index is 0.192. The average Bonchev–Trinajstić information content (AvgIpc) is 2.34. The fourth-order valence-electron chi connectivity index (χ4n) is 1.48. The number of carbonyl (C=O) groups excluding carboxylic acids is 1. The van der Waals surface area contributed by atoms with Gasteiger partial charge in [-0.2, -0.15) is 5.26 Å². The van der Waals surface area contributed by atoms with Gasteiger partial charge in [-0.1, -0.05) is 30.3 Å². The molecule has 3 heteroatoms. The summed E-state index contributed by atoms with van der Waals surface area (Å²) in [6.07, 6.45) is 2.84. The number of allylic oxidation sites excluding steroid dienone is 1. The second-order valence-electron chi connectivity index (χ2n) is 3.79. The van der Waals surface area contributed by atoms with E-state index in [2.05, 4.69) is 5.32 Å². The van der Waals surface area contributed by atoms with Crippen LogP contribution < -0.4 is 5.32 Å². The van der Waals surface area contributed by atoms with Crippen molar-refractivity contribution in [2.24, 2.45) is 0 Å². The molecule has 0 fully saturated rings. The SMILES string of the molecule is CC(=O)CCCNC(=CC#N)c1ccccc1. The Balaban J connectivity index is 2.55. The highest BCUT2D eigenvalue weighted by Crippen LogP contribution is 2.10. The van der Waals surface area contributed by atoms with E-state index in [1.54, 1.807) is 6.92 Å². The van der Waals surface area contributed by atoms with Gasteiger partial charge >= 0.3 is 0 Å². The van der Waals surface area contributed by atoms with Gasteiger partial charge in [0.25, 0.3) is 0 Å². The highest BCUT2D eigenvalue weighted by molar-refractivity contribution is 5.75. The quantitative estimate of drug-likeness (QED) is 0.601. The maximum absolute atomic E-state index is 10.8. The predicted molar refractivity (Wildman–Crippen MR) is 67.9 cm³/mol. The van der Waals surface area contributed by atoms with Crippen LogP contribution in [0, 0.1) is 11.3 Å². The maximum atomic E-state index is 10.8. The number of benzene rings is 1. The van der Waals surface area contributed by atoms with E-state index >= 15 is 0 Å². The molecule has 0 bridgehead atoms. The van der Waals surface area contributed by atoms with Crippen LogP contribution in [0.15, 0.2) is 36.4 Å². The zero-order valence-corrected chi connectivity index (χ0v) is 9.94. The van der Waals surface area contributed by atoms with E-state index in [1.165, 1.54) is 6.08 Å². The van der Waals surface area contributed by atoms with E-state index in [0.29, 0.717) is 13.0 Å². The molecule has 0 aliphatic heterocycles. The van der Waals surface area contributed by atoms with Gasteiger partial charge in [0, 0.05) is 19.0 Å². The fraction of sp³-hybridized carbons (Fsp3) is 0.286. The summed E-state index contributed by atoms with van der Waals surface area (Å²) in [6.45, 7) is 2.28. The van der Waals surface area contributed by atoms with E-state index in [4.69, 9.17) is 5.26 Å². The smallest absolute Gasteiger partial charge is 0.129 e. The lowest BCUT2D eigenvalue weighted by Crippen LogP contribution is -2.14. The Hall–Kier alpha value is -2.08. The minimum Gasteiger partial charge on any atom is -0.384 e. The zero-order chi connectivity index (χ0) is 12.5. The number of carbonyl (C=O) groups is 1. The third-order valence-electron chi connectivity index (χ3n) is 2.31. The van der Waals surface area contributed by atoms with Crippen LogP contribution >= 0.6 is 0 Å². The molecule has 0 aliphatic rings. The van der Waals surface area contributed by atoms with E-state index < -0.39 is 0 Å². The van der Waals surface area contributed by atoms with Gasteiger partial charge in [-0.25, -0.2) is 0 Å². The van der Waals surface area contributed by atoms with Crippen molar-refractivity contribution in [3.63, 3.8) is 0 Å². The van der Waals surface area contributed by atoms with Crippen LogP contribution in [0.3, 0.4) is 0 Å². The number of hydrogen-bond donors (Lipinski definition) is 1. The Morgan fingerprint density at radius 2 is 2.12 bits per heavy atom. The minimum atomic E-state index is 0.192. The Morgan fingerprint density at radius 1 is 1.41 bits per heavy atom. The first-order valence-electron chi connectivity index (χ1n) is 5.62. The number of hydrogen-bond acceptors (Lipinski definition) is 3. The number of nitrogens with zero attached hydrogens (tertiary/aromatic N) is 1. The van der Waals surface area contributed by atoms with Crippen LogP contribution in [0.5, 0.6) is 0 Å². The molecular weight excluding hydrogens is 212 g/mol. The van der Waals surface area contributed by atoms with E-state index in [1.807, 2.05) is 36.4 Å². The lowest BCUT2D eigenvalue weighted by atomic mass is 10.1. The van der Waals surface area contributed by atoms with Gasteiger partial charge in [-0.05, 0) is 18.9 Å². The molecule has 0 aromatic heterocycles. The molecule has 0 unspecified atom stereocenters. The summed E-state index contributed by atoms with van der Waals surface area (Å²) in [6, 6.07) is 11.7. The van der Waals surface area contributed by atoms with Crippen molar-refractivity contribution < 1.29 is 4.79 Å². The van der Waals surface area contributed by atoms with Crippen LogP contribution in [0.4, 0.5) is 0 Å². The predicted octanol–water partition coefficient (Wildman–Crippen LogP) is 2.51. The number of nitriles is 1. The van der Waals surface area contributed by atoms with Crippen molar-refractivity contribution in [1.29, 1.82) is 5.26 Å². The zero-order valence-electron chi connectivity index (χ0n) is 9.94. The van der Waals surface area contributed by atoms with Crippen LogP contribution in [-0.2, 0) is 4.79 Å². The Kier molecular flexibility index (Phi) is 5.53. The Bertz CT molecular complexity index is 429. The number of rotatable bonds is 6. The highest BCUT2D eigenvalue weighted by Gasteiger charge is 2.00. The molecule has 3 nitrogen and oxygen atoms in total. The molecular formula is C14H16N2O. The van der Waals surface area contributed by atoms with E-state index in [-0.39, 0.29) is 5.78 Å². The number of ketones is 1. The van der Waals surface area contributed by atoms with E-state index in [9.17, 15) is 4.79 Å². The summed E-state index contributed by atoms with van der Waals surface area (Å²) in [7, 11) is 0. The summed E-state index contributed by atoms with van der Waals surface area (Å²) in [5, 5.41) is 11.9. The standard InChI is InChI=1S/C14H16N2O/c1-12(17)6-5-11-16-14(9-10-15)13-7-3-2-4-8-13/h2-4,7-9,16H,5-6,11H2,1H3. The largest absolute Gasteiger partial charge is 0.384 e. The summed E-state index contributed by atoms with van der Waals surface area (Å²) >= 11 is 0. The van der Waals surface area contributed by atoms with Crippen LogP contribution in [0.25, 0.3) is 5.70 Å². The Labute approximate surface area is 102 Å². The maximum Gasteiger partial charge on any atom is 0.129 e. The third-order valence-corrected chi connectivity index (χ3v) is 2.31. The first-order chi connectivity index (χ1) is 8.24. The molecule has 0 amide bonds. The van der Waals surface area contributed by atoms with Crippen molar-refractivity contribution >= 4 is 11.5 Å². The monoisotopic (exact) mass is 228 g/mol.